The van der Waals surface area contributed by atoms with Gasteiger partial charge in [0.15, 0.2) is 5.78 Å². The zero-order valence-corrected chi connectivity index (χ0v) is 13.3. The monoisotopic (exact) mass is 323 g/mol. The van der Waals surface area contributed by atoms with Crippen molar-refractivity contribution < 1.29 is 14.3 Å². The van der Waals surface area contributed by atoms with E-state index >= 15 is 0 Å². The number of benzene rings is 1. The number of anilines is 1. The van der Waals surface area contributed by atoms with Gasteiger partial charge in [-0.05, 0) is 36.6 Å². The zero-order valence-electron chi connectivity index (χ0n) is 13.3. The Morgan fingerprint density at radius 1 is 1.25 bits per heavy atom. The lowest BCUT2D eigenvalue weighted by atomic mass is 9.96. The van der Waals surface area contributed by atoms with Gasteiger partial charge in [-0.15, -0.1) is 0 Å². The molecular formula is C18H17N3O3. The van der Waals surface area contributed by atoms with Gasteiger partial charge in [0, 0.05) is 18.7 Å². The van der Waals surface area contributed by atoms with Crippen LogP contribution in [0.1, 0.15) is 34.5 Å². The van der Waals surface area contributed by atoms with Crippen LogP contribution in [0.15, 0.2) is 36.5 Å². The van der Waals surface area contributed by atoms with Crippen molar-refractivity contribution in [2.24, 2.45) is 0 Å². The number of nitrogens with zero attached hydrogens (tertiary/aromatic N) is 2. The van der Waals surface area contributed by atoms with Crippen molar-refractivity contribution in [2.45, 2.75) is 19.3 Å². The molecule has 3 rings (SSSR count). The predicted molar refractivity (Wildman–Crippen MR) is 90.0 cm³/mol. The highest BCUT2D eigenvalue weighted by molar-refractivity contribution is 6.01. The molecule has 1 amide bonds. The van der Waals surface area contributed by atoms with Gasteiger partial charge in [-0.25, -0.2) is 9.97 Å². The Hall–Kier alpha value is -3.02. The van der Waals surface area contributed by atoms with E-state index in [1.54, 1.807) is 13.2 Å². The van der Waals surface area contributed by atoms with Crippen LogP contribution >= 0.6 is 0 Å². The number of nitrogens with one attached hydrogen (secondary N) is 1. The zero-order chi connectivity index (χ0) is 16.9. The second-order valence-corrected chi connectivity index (χ2v) is 5.43. The summed E-state index contributed by atoms with van der Waals surface area (Å²) in [6.07, 6.45) is 6.65. The highest BCUT2D eigenvalue weighted by Crippen LogP contribution is 2.19. The number of carbonyl (C=O) groups is 2. The Morgan fingerprint density at radius 3 is 2.79 bits per heavy atom. The van der Waals surface area contributed by atoms with E-state index in [0.717, 1.165) is 24.2 Å². The fourth-order valence-electron chi connectivity index (χ4n) is 2.49. The lowest BCUT2D eigenvalue weighted by molar-refractivity contribution is -0.111. The number of ether oxygens (including phenoxy) is 1. The first kappa shape index (κ1) is 15.9. The van der Waals surface area contributed by atoms with Gasteiger partial charge in [0.05, 0.1) is 18.4 Å². The molecule has 0 saturated carbocycles. The lowest BCUT2D eigenvalue weighted by Gasteiger charge is -2.13. The Labute approximate surface area is 139 Å². The van der Waals surface area contributed by atoms with Crippen LogP contribution < -0.4 is 10.1 Å². The Balaban J connectivity index is 1.66. The van der Waals surface area contributed by atoms with Crippen LogP contribution in [0.25, 0.3) is 6.08 Å². The van der Waals surface area contributed by atoms with Crippen LogP contribution in [0, 0.1) is 0 Å². The number of fused-ring (bicyclic) bond motifs is 1. The van der Waals surface area contributed by atoms with E-state index in [4.69, 9.17) is 4.74 Å². The minimum Gasteiger partial charge on any atom is -0.497 e. The number of aromatic nitrogens is 2. The molecule has 0 aliphatic heterocycles. The Bertz CT molecular complexity index is 798. The summed E-state index contributed by atoms with van der Waals surface area (Å²) in [5.74, 6) is 0.711. The summed E-state index contributed by atoms with van der Waals surface area (Å²) in [6, 6.07) is 7.34. The van der Waals surface area contributed by atoms with Crippen molar-refractivity contribution in [2.75, 3.05) is 12.4 Å². The average molecular weight is 323 g/mol. The number of ketones is 1. The number of hydrogen-bond acceptors (Lipinski definition) is 5. The third-order valence-electron chi connectivity index (χ3n) is 3.76. The molecule has 0 atom stereocenters. The molecule has 0 spiro atoms. The van der Waals surface area contributed by atoms with Crippen molar-refractivity contribution in [3.8, 4) is 5.75 Å². The van der Waals surface area contributed by atoms with E-state index in [1.165, 1.54) is 12.3 Å². The molecule has 6 nitrogen and oxygen atoms in total. The summed E-state index contributed by atoms with van der Waals surface area (Å²) < 4.78 is 5.08. The van der Waals surface area contributed by atoms with Gasteiger partial charge in [0.25, 0.3) is 5.91 Å². The molecular weight excluding hydrogens is 306 g/mol. The quantitative estimate of drug-likeness (QED) is 0.875. The number of Topliss-reactive ketones (excluding diaryl/α,β-unsaturated/α-hetero) is 1. The number of aryl methyl sites for hydroxylation is 1. The summed E-state index contributed by atoms with van der Waals surface area (Å²) in [6.45, 7) is 0. The van der Waals surface area contributed by atoms with Crippen LogP contribution in [-0.2, 0) is 11.2 Å². The second-order valence-electron chi connectivity index (χ2n) is 5.43. The van der Waals surface area contributed by atoms with Gasteiger partial charge in [-0.2, -0.15) is 0 Å². The molecule has 0 unspecified atom stereocenters. The normalized spacial score (nSPS) is 13.6. The molecule has 0 radical (unpaired) electrons. The van der Waals surface area contributed by atoms with E-state index in [2.05, 4.69) is 15.3 Å². The molecule has 0 saturated heterocycles. The second kappa shape index (κ2) is 7.04. The van der Waals surface area contributed by atoms with Crippen molar-refractivity contribution in [3.05, 3.63) is 53.4 Å². The minimum absolute atomic E-state index is 0.0635. The first-order valence-electron chi connectivity index (χ1n) is 7.68. The van der Waals surface area contributed by atoms with E-state index < -0.39 is 0 Å². The molecule has 1 N–H and O–H groups in total. The molecule has 1 aromatic carbocycles. The van der Waals surface area contributed by atoms with E-state index in [-0.39, 0.29) is 17.6 Å². The van der Waals surface area contributed by atoms with Crippen molar-refractivity contribution in [1.82, 2.24) is 9.97 Å². The molecule has 0 fully saturated rings. The molecule has 2 aromatic rings. The van der Waals surface area contributed by atoms with Crippen molar-refractivity contribution in [1.29, 1.82) is 0 Å². The lowest BCUT2D eigenvalue weighted by Crippen LogP contribution is -2.17. The number of carbonyl (C=O) groups excluding carboxylic acids is 2. The molecule has 1 aromatic heterocycles. The van der Waals surface area contributed by atoms with E-state index in [9.17, 15) is 9.59 Å². The Kier molecular flexibility index (Phi) is 4.65. The molecule has 6 heteroatoms. The maximum atomic E-state index is 12.0. The summed E-state index contributed by atoms with van der Waals surface area (Å²) >= 11 is 0. The topological polar surface area (TPSA) is 81.2 Å². The van der Waals surface area contributed by atoms with E-state index in [0.29, 0.717) is 17.7 Å². The third kappa shape index (κ3) is 3.65. The summed E-state index contributed by atoms with van der Waals surface area (Å²) in [5, 5.41) is 2.62. The standard InChI is InChI=1S/C18H17N3O3/c1-24-13-8-5-12(6-9-13)7-10-17(23)21-18-19-11-14-15(20-18)3-2-4-16(14)22/h5-11H,2-4H2,1H3,(H,19,20,21,23). The summed E-state index contributed by atoms with van der Waals surface area (Å²) in [7, 11) is 1.60. The fraction of sp³-hybridized carbons (Fsp3) is 0.222. The van der Waals surface area contributed by atoms with Crippen molar-refractivity contribution >= 4 is 23.7 Å². The van der Waals surface area contributed by atoms with Gasteiger partial charge >= 0.3 is 0 Å². The maximum Gasteiger partial charge on any atom is 0.250 e. The predicted octanol–water partition coefficient (Wildman–Crippen LogP) is 2.66. The molecule has 0 bridgehead atoms. The highest BCUT2D eigenvalue weighted by Gasteiger charge is 2.19. The van der Waals surface area contributed by atoms with Gasteiger partial charge in [-0.1, -0.05) is 12.1 Å². The van der Waals surface area contributed by atoms with Crippen LogP contribution in [0.4, 0.5) is 5.95 Å². The smallest absolute Gasteiger partial charge is 0.250 e. The number of hydrogen-bond donors (Lipinski definition) is 1. The fourth-order valence-corrected chi connectivity index (χ4v) is 2.49. The van der Waals surface area contributed by atoms with E-state index in [1.807, 2.05) is 24.3 Å². The van der Waals surface area contributed by atoms with Gasteiger partial charge < -0.3 is 4.74 Å². The van der Waals surface area contributed by atoms with Gasteiger partial charge in [0.2, 0.25) is 5.95 Å². The van der Waals surface area contributed by atoms with Crippen LogP contribution in [0.2, 0.25) is 0 Å². The first-order chi connectivity index (χ1) is 11.7. The largest absolute Gasteiger partial charge is 0.497 e. The number of rotatable bonds is 4. The Morgan fingerprint density at radius 2 is 2.04 bits per heavy atom. The molecule has 1 aliphatic rings. The highest BCUT2D eigenvalue weighted by atomic mass is 16.5. The summed E-state index contributed by atoms with van der Waals surface area (Å²) in [5.41, 5.74) is 2.15. The van der Waals surface area contributed by atoms with Crippen LogP contribution in [-0.4, -0.2) is 28.8 Å². The first-order valence-corrected chi connectivity index (χ1v) is 7.68. The minimum atomic E-state index is -0.326. The average Bonchev–Trinajstić information content (AvgIpc) is 2.60. The van der Waals surface area contributed by atoms with Crippen LogP contribution in [0.5, 0.6) is 5.75 Å². The summed E-state index contributed by atoms with van der Waals surface area (Å²) in [4.78, 5) is 32.0. The number of amides is 1. The van der Waals surface area contributed by atoms with Crippen molar-refractivity contribution in [3.63, 3.8) is 0 Å². The molecule has 1 heterocycles. The number of methoxy groups -OCH3 is 1. The molecule has 122 valence electrons. The van der Waals surface area contributed by atoms with Gasteiger partial charge in [-0.3, -0.25) is 14.9 Å². The molecule has 24 heavy (non-hydrogen) atoms. The van der Waals surface area contributed by atoms with Crippen LogP contribution in [0.3, 0.4) is 0 Å². The molecule has 1 aliphatic carbocycles. The van der Waals surface area contributed by atoms with Gasteiger partial charge in [0.1, 0.15) is 5.75 Å². The maximum absolute atomic E-state index is 12.0. The SMILES string of the molecule is COc1ccc(C=CC(=O)Nc2ncc3c(n2)CCCC3=O)cc1. The third-order valence-corrected chi connectivity index (χ3v) is 3.76.